The van der Waals surface area contributed by atoms with Crippen LogP contribution in [0.4, 0.5) is 11.5 Å². The maximum absolute atomic E-state index is 6.40. The van der Waals surface area contributed by atoms with E-state index < -0.39 is 0 Å². The summed E-state index contributed by atoms with van der Waals surface area (Å²) in [5.74, 6) is 2.28. The van der Waals surface area contributed by atoms with Crippen LogP contribution < -0.4 is 15.0 Å². The van der Waals surface area contributed by atoms with Crippen molar-refractivity contribution in [3.8, 4) is 5.75 Å². The third kappa shape index (κ3) is 6.26. The number of nitrogens with one attached hydrogen (secondary N) is 2. The Kier molecular flexibility index (Phi) is 8.53. The van der Waals surface area contributed by atoms with Crippen molar-refractivity contribution in [3.05, 3.63) is 75.7 Å². The molecule has 0 amide bonds. The molecule has 2 aliphatic heterocycles. The average molecular weight is 595 g/mol. The molecule has 2 N–H and O–H groups in total. The highest BCUT2D eigenvalue weighted by molar-refractivity contribution is 6.36. The van der Waals surface area contributed by atoms with Crippen LogP contribution in [-0.2, 0) is 13.0 Å². The highest BCUT2D eigenvalue weighted by Crippen LogP contribution is 2.31. The summed E-state index contributed by atoms with van der Waals surface area (Å²) in [4.78, 5) is 20.5. The smallest absolute Gasteiger partial charge is 0.154 e. The lowest BCUT2D eigenvalue weighted by Crippen LogP contribution is -2.52. The molecule has 0 atom stereocenters. The van der Waals surface area contributed by atoms with E-state index in [9.17, 15) is 0 Å². The summed E-state index contributed by atoms with van der Waals surface area (Å²) in [5, 5.41) is 4.65. The summed E-state index contributed by atoms with van der Waals surface area (Å²) in [5.41, 5.74) is 4.79. The third-order valence-electron chi connectivity index (χ3n) is 8.45. The maximum Gasteiger partial charge on any atom is 0.154 e. The molecule has 4 aromatic rings. The molecule has 2 aromatic heterocycles. The number of hydrogen-bond acceptors (Lipinski definition) is 7. The van der Waals surface area contributed by atoms with Crippen molar-refractivity contribution in [2.75, 3.05) is 63.6 Å². The van der Waals surface area contributed by atoms with E-state index in [1.54, 1.807) is 7.11 Å². The van der Waals surface area contributed by atoms with Crippen LogP contribution >= 0.6 is 23.2 Å². The van der Waals surface area contributed by atoms with E-state index in [4.69, 9.17) is 37.9 Å². The Bertz CT molecular complexity index is 1470. The van der Waals surface area contributed by atoms with Crippen molar-refractivity contribution in [1.29, 1.82) is 0 Å². The summed E-state index contributed by atoms with van der Waals surface area (Å²) < 4.78 is 5.86. The van der Waals surface area contributed by atoms with Gasteiger partial charge in [-0.25, -0.2) is 9.97 Å². The third-order valence-corrected chi connectivity index (χ3v) is 9.16. The molecule has 0 aliphatic carbocycles. The second-order valence-corrected chi connectivity index (χ2v) is 11.8. The first-order valence-electron chi connectivity index (χ1n) is 14.3. The van der Waals surface area contributed by atoms with Crippen molar-refractivity contribution < 1.29 is 4.74 Å². The minimum atomic E-state index is 0.451. The Morgan fingerprint density at radius 2 is 1.73 bits per heavy atom. The van der Waals surface area contributed by atoms with Crippen LogP contribution in [0.1, 0.15) is 29.8 Å². The van der Waals surface area contributed by atoms with E-state index in [-0.39, 0.29) is 0 Å². The predicted octanol–water partition coefficient (Wildman–Crippen LogP) is 5.69. The van der Waals surface area contributed by atoms with Gasteiger partial charge in [0.25, 0.3) is 0 Å². The number of halogens is 2. The Hall–Kier alpha value is -3.04. The highest BCUT2D eigenvalue weighted by atomic mass is 35.5. The van der Waals surface area contributed by atoms with Gasteiger partial charge in [0, 0.05) is 97.4 Å². The van der Waals surface area contributed by atoms with Crippen molar-refractivity contribution in [2.24, 2.45) is 0 Å². The number of aromatic nitrogens is 3. The molecule has 0 unspecified atom stereocenters. The average Bonchev–Trinajstić information content (AvgIpc) is 3.47. The van der Waals surface area contributed by atoms with E-state index in [0.29, 0.717) is 40.7 Å². The molecule has 2 aliphatic rings. The molecule has 2 saturated heterocycles. The second-order valence-electron chi connectivity index (χ2n) is 11.0. The van der Waals surface area contributed by atoms with E-state index in [2.05, 4.69) is 50.2 Å². The number of H-pyrrole nitrogens is 1. The summed E-state index contributed by atoms with van der Waals surface area (Å²) in [6, 6.07) is 14.7. The summed E-state index contributed by atoms with van der Waals surface area (Å²) in [6.07, 6.45) is 4.83. The van der Waals surface area contributed by atoms with Crippen LogP contribution in [0.3, 0.4) is 0 Å². The molecule has 41 heavy (non-hydrogen) atoms. The molecule has 2 fully saturated rings. The van der Waals surface area contributed by atoms with Gasteiger partial charge in [-0.15, -0.1) is 0 Å². The van der Waals surface area contributed by atoms with E-state index >= 15 is 0 Å². The number of hydrogen-bond donors (Lipinski definition) is 2. The fourth-order valence-corrected chi connectivity index (χ4v) is 6.53. The van der Waals surface area contributed by atoms with Crippen LogP contribution in [0.25, 0.3) is 11.0 Å². The van der Waals surface area contributed by atoms with Crippen LogP contribution in [-0.4, -0.2) is 84.2 Å². The normalized spacial score (nSPS) is 17.3. The molecule has 0 radical (unpaired) electrons. The molecule has 0 saturated carbocycles. The van der Waals surface area contributed by atoms with Crippen molar-refractivity contribution in [1.82, 2.24) is 24.8 Å². The van der Waals surface area contributed by atoms with Gasteiger partial charge in [-0.1, -0.05) is 35.3 Å². The van der Waals surface area contributed by atoms with Crippen molar-refractivity contribution in [2.45, 2.75) is 31.8 Å². The van der Waals surface area contributed by atoms with Gasteiger partial charge in [-0.05, 0) is 44.2 Å². The lowest BCUT2D eigenvalue weighted by Gasteiger charge is -2.42. The SMILES string of the molecule is COc1cc(N2CCC(N3CCN(C)CC3)CC2)ccc1Cc1nc(NCc2c(Cl)cccc2Cl)c2[nH]ccc2n1. The molecule has 0 spiro atoms. The van der Waals surface area contributed by atoms with Crippen molar-refractivity contribution >= 4 is 45.7 Å². The van der Waals surface area contributed by atoms with Crippen LogP contribution in [0, 0.1) is 0 Å². The zero-order valence-corrected chi connectivity index (χ0v) is 25.2. The van der Waals surface area contributed by atoms with Crippen molar-refractivity contribution in [3.63, 3.8) is 0 Å². The Balaban J connectivity index is 1.15. The number of benzene rings is 2. The topological polar surface area (TPSA) is 72.6 Å². The molecular formula is C31H37Cl2N7O. The first-order chi connectivity index (χ1) is 20.0. The van der Waals surface area contributed by atoms with Gasteiger partial charge in [0.2, 0.25) is 0 Å². The van der Waals surface area contributed by atoms with Crippen LogP contribution in [0.5, 0.6) is 5.75 Å². The number of piperidine rings is 1. The maximum atomic E-state index is 6.40. The fourth-order valence-electron chi connectivity index (χ4n) is 6.00. The van der Waals surface area contributed by atoms with Gasteiger partial charge in [0.05, 0.1) is 12.6 Å². The minimum absolute atomic E-state index is 0.451. The van der Waals surface area contributed by atoms with Gasteiger partial charge >= 0.3 is 0 Å². The second kappa shape index (κ2) is 12.4. The first kappa shape index (κ1) is 28.1. The van der Waals surface area contributed by atoms with Gasteiger partial charge in [-0.2, -0.15) is 0 Å². The molecule has 2 aromatic carbocycles. The van der Waals surface area contributed by atoms with Gasteiger partial charge in [-0.3, -0.25) is 4.90 Å². The standard InChI is InChI=1S/C31H37Cl2N7O/c1-38-14-16-40(17-15-38)22-9-12-39(13-10-22)23-7-6-21(28(19-23)41-2)18-29-36-27-8-11-34-30(27)31(37-29)35-20-24-25(32)4-3-5-26(24)33/h3-8,11,19,22,34H,9-10,12-18,20H2,1-2H3,(H,35,36,37). The lowest BCUT2D eigenvalue weighted by molar-refractivity contribution is 0.0982. The molecule has 0 bridgehead atoms. The Morgan fingerprint density at radius 3 is 2.46 bits per heavy atom. The summed E-state index contributed by atoms with van der Waals surface area (Å²) in [6.45, 7) is 7.30. The zero-order valence-electron chi connectivity index (χ0n) is 23.7. The van der Waals surface area contributed by atoms with Gasteiger partial charge < -0.3 is 24.8 Å². The molecule has 216 valence electrons. The number of fused-ring (bicyclic) bond motifs is 1. The number of nitrogens with zero attached hydrogens (tertiary/aromatic N) is 5. The van der Waals surface area contributed by atoms with Crippen LogP contribution in [0.2, 0.25) is 10.0 Å². The summed E-state index contributed by atoms with van der Waals surface area (Å²) >= 11 is 12.8. The van der Waals surface area contributed by atoms with Crippen LogP contribution in [0.15, 0.2) is 48.7 Å². The molecular weight excluding hydrogens is 557 g/mol. The van der Waals surface area contributed by atoms with Gasteiger partial charge in [0.1, 0.15) is 17.1 Å². The first-order valence-corrected chi connectivity index (χ1v) is 15.1. The number of likely N-dealkylation sites (N-methyl/N-ethyl adjacent to an activating group) is 1. The number of piperazine rings is 1. The number of methoxy groups -OCH3 is 1. The minimum Gasteiger partial charge on any atom is -0.496 e. The summed E-state index contributed by atoms with van der Waals surface area (Å²) in [7, 11) is 3.95. The van der Waals surface area contributed by atoms with E-state index in [1.807, 2.05) is 30.5 Å². The lowest BCUT2D eigenvalue weighted by atomic mass is 10.0. The largest absolute Gasteiger partial charge is 0.496 e. The quantitative estimate of drug-likeness (QED) is 0.272. The number of anilines is 2. The predicted molar refractivity (Wildman–Crippen MR) is 168 cm³/mol. The molecule has 8 nitrogen and oxygen atoms in total. The molecule has 4 heterocycles. The molecule has 6 rings (SSSR count). The number of ether oxygens (including phenoxy) is 1. The fraction of sp³-hybridized carbons (Fsp3) is 0.419. The Morgan fingerprint density at radius 1 is 0.976 bits per heavy atom. The monoisotopic (exact) mass is 593 g/mol. The Labute approximate surface area is 251 Å². The molecule has 10 heteroatoms. The zero-order chi connectivity index (χ0) is 28.3. The van der Waals surface area contributed by atoms with Gasteiger partial charge in [0.15, 0.2) is 5.82 Å². The highest BCUT2D eigenvalue weighted by Gasteiger charge is 2.27. The van der Waals surface area contributed by atoms with E-state index in [1.165, 1.54) is 44.7 Å². The number of rotatable bonds is 8. The van der Waals surface area contributed by atoms with E-state index in [0.717, 1.165) is 41.0 Å². The number of aromatic amines is 1.